The quantitative estimate of drug-likeness (QED) is 0.362. The van der Waals surface area contributed by atoms with Gasteiger partial charge in [-0.05, 0) is 24.6 Å². The van der Waals surface area contributed by atoms with Gasteiger partial charge in [-0.1, -0.05) is 36.4 Å². The molecule has 0 aliphatic rings. The molecule has 4 rings (SSSR count). The van der Waals surface area contributed by atoms with E-state index in [4.69, 9.17) is 10.7 Å². The van der Waals surface area contributed by atoms with Gasteiger partial charge >= 0.3 is 5.69 Å². The number of aromatic nitrogens is 3. The van der Waals surface area contributed by atoms with E-state index >= 15 is 0 Å². The molecule has 2 aromatic heterocycles. The van der Waals surface area contributed by atoms with Crippen LogP contribution in [0.25, 0.3) is 21.8 Å². The molecule has 0 fully saturated rings. The van der Waals surface area contributed by atoms with Crippen LogP contribution in [0.2, 0.25) is 0 Å². The Morgan fingerprint density at radius 3 is 2.59 bits per heavy atom. The lowest BCUT2D eigenvalue weighted by atomic mass is 10.1. The van der Waals surface area contributed by atoms with Crippen LogP contribution in [0.15, 0.2) is 60.2 Å². The summed E-state index contributed by atoms with van der Waals surface area (Å²) in [5.74, 6) is -0.138. The van der Waals surface area contributed by atoms with E-state index in [2.05, 4.69) is 34.3 Å². The van der Waals surface area contributed by atoms with E-state index in [-0.39, 0.29) is 17.3 Å². The second-order valence-corrected chi connectivity index (χ2v) is 7.13. The lowest BCUT2D eigenvalue weighted by Crippen LogP contribution is -2.04. The Labute approximate surface area is 170 Å². The molecule has 0 spiro atoms. The topological polar surface area (TPSA) is 120 Å². The highest BCUT2D eigenvalue weighted by atomic mass is 32.1. The molecule has 9 heteroatoms. The fourth-order valence-corrected chi connectivity index (χ4v) is 3.79. The number of nitro groups is 1. The maximum absolute atomic E-state index is 11.2. The smallest absolute Gasteiger partial charge is 0.353 e. The Bertz CT molecular complexity index is 1190. The summed E-state index contributed by atoms with van der Waals surface area (Å²) in [5.41, 5.74) is 10.0. The highest BCUT2D eigenvalue weighted by molar-refractivity contribution is 7.13. The number of thiazole rings is 1. The molecule has 29 heavy (non-hydrogen) atoms. The molecule has 144 valence electrons. The van der Waals surface area contributed by atoms with Crippen LogP contribution in [0.3, 0.4) is 0 Å². The molecule has 2 heterocycles. The van der Waals surface area contributed by atoms with Crippen molar-refractivity contribution in [2.45, 2.75) is 6.92 Å². The summed E-state index contributed by atoms with van der Waals surface area (Å²) in [7, 11) is 0. The average molecular weight is 404 g/mol. The molecule has 8 nitrogen and oxygen atoms in total. The van der Waals surface area contributed by atoms with Gasteiger partial charge in [0.05, 0.1) is 10.6 Å². The first-order valence-electron chi connectivity index (χ1n) is 8.67. The zero-order chi connectivity index (χ0) is 20.4. The molecule has 0 unspecified atom stereocenters. The van der Waals surface area contributed by atoms with Crippen molar-refractivity contribution in [1.29, 1.82) is 0 Å². The predicted octanol–water partition coefficient (Wildman–Crippen LogP) is 4.81. The second kappa shape index (κ2) is 7.64. The van der Waals surface area contributed by atoms with Gasteiger partial charge in [0.1, 0.15) is 11.3 Å². The molecule has 0 saturated heterocycles. The van der Waals surface area contributed by atoms with E-state index in [0.717, 1.165) is 21.8 Å². The van der Waals surface area contributed by atoms with Gasteiger partial charge in [0.2, 0.25) is 11.6 Å². The Balaban J connectivity index is 1.58. The first kappa shape index (κ1) is 18.5. The van der Waals surface area contributed by atoms with Gasteiger partial charge in [0.15, 0.2) is 0 Å². The van der Waals surface area contributed by atoms with Gasteiger partial charge in [-0.3, -0.25) is 10.1 Å². The third-order valence-corrected chi connectivity index (χ3v) is 5.23. The Hall–Kier alpha value is -3.85. The zero-order valence-electron chi connectivity index (χ0n) is 15.4. The zero-order valence-corrected chi connectivity index (χ0v) is 16.2. The average Bonchev–Trinajstić information content (AvgIpc) is 3.18. The number of hydrogen-bond donors (Lipinski definition) is 2. The summed E-state index contributed by atoms with van der Waals surface area (Å²) < 4.78 is 0. The second-order valence-electron chi connectivity index (χ2n) is 6.27. The van der Waals surface area contributed by atoms with Crippen molar-refractivity contribution in [3.05, 3.63) is 75.9 Å². The Morgan fingerprint density at radius 1 is 1.10 bits per heavy atom. The SMILES string of the molecule is Cc1ccccc1-c1nc(-c2ccc(Nc3ncnc(N)c3[N+](=O)[O-])cc2)cs1. The maximum atomic E-state index is 11.2. The van der Waals surface area contributed by atoms with Gasteiger partial charge < -0.3 is 11.1 Å². The van der Waals surface area contributed by atoms with Crippen LogP contribution >= 0.6 is 11.3 Å². The molecule has 3 N–H and O–H groups in total. The molecule has 0 aliphatic carbocycles. The molecule has 2 aromatic carbocycles. The number of nitrogen functional groups attached to an aromatic ring is 1. The normalized spacial score (nSPS) is 10.7. The molecule has 0 aliphatic heterocycles. The number of nitrogens with two attached hydrogens (primary N) is 1. The van der Waals surface area contributed by atoms with Crippen molar-refractivity contribution in [3.8, 4) is 21.8 Å². The summed E-state index contributed by atoms with van der Waals surface area (Å²) in [4.78, 5) is 23.0. The summed E-state index contributed by atoms with van der Waals surface area (Å²) in [6, 6.07) is 15.6. The van der Waals surface area contributed by atoms with Crippen LogP contribution in [0, 0.1) is 17.0 Å². The van der Waals surface area contributed by atoms with Crippen molar-refractivity contribution in [2.75, 3.05) is 11.1 Å². The number of hydrogen-bond acceptors (Lipinski definition) is 8. The third-order valence-electron chi connectivity index (χ3n) is 4.36. The van der Waals surface area contributed by atoms with Crippen molar-refractivity contribution >= 4 is 34.3 Å². The first-order valence-corrected chi connectivity index (χ1v) is 9.55. The lowest BCUT2D eigenvalue weighted by Gasteiger charge is -2.07. The minimum absolute atomic E-state index is 0.0470. The van der Waals surface area contributed by atoms with Crippen molar-refractivity contribution < 1.29 is 4.92 Å². The molecular weight excluding hydrogens is 388 g/mol. The summed E-state index contributed by atoms with van der Waals surface area (Å²) in [6.45, 7) is 2.07. The third kappa shape index (κ3) is 3.76. The van der Waals surface area contributed by atoms with Gasteiger partial charge in [0.25, 0.3) is 0 Å². The number of nitrogens with one attached hydrogen (secondary N) is 1. The minimum atomic E-state index is -0.603. The predicted molar refractivity (Wildman–Crippen MR) is 114 cm³/mol. The first-order chi connectivity index (χ1) is 14.0. The fourth-order valence-electron chi connectivity index (χ4n) is 2.87. The number of aryl methyl sites for hydroxylation is 1. The lowest BCUT2D eigenvalue weighted by molar-refractivity contribution is -0.383. The van der Waals surface area contributed by atoms with Crippen molar-refractivity contribution in [2.24, 2.45) is 0 Å². The van der Waals surface area contributed by atoms with Crippen LogP contribution in [0.1, 0.15) is 5.56 Å². The van der Waals surface area contributed by atoms with Crippen molar-refractivity contribution in [3.63, 3.8) is 0 Å². The van der Waals surface area contributed by atoms with Crippen LogP contribution in [-0.2, 0) is 0 Å². The summed E-state index contributed by atoms with van der Waals surface area (Å²) in [6.07, 6.45) is 1.18. The van der Waals surface area contributed by atoms with Gasteiger partial charge in [-0.2, -0.15) is 0 Å². The molecule has 0 atom stereocenters. The Kier molecular flexibility index (Phi) is 4.88. The van der Waals surface area contributed by atoms with E-state index in [9.17, 15) is 10.1 Å². The maximum Gasteiger partial charge on any atom is 0.353 e. The van der Waals surface area contributed by atoms with E-state index < -0.39 is 4.92 Å². The highest BCUT2D eigenvalue weighted by Crippen LogP contribution is 2.32. The van der Waals surface area contributed by atoms with Crippen molar-refractivity contribution in [1.82, 2.24) is 15.0 Å². The van der Waals surface area contributed by atoms with Gasteiger partial charge in [-0.25, -0.2) is 15.0 Å². The van der Waals surface area contributed by atoms with Crippen LogP contribution in [0.5, 0.6) is 0 Å². The summed E-state index contributed by atoms with van der Waals surface area (Å²) >= 11 is 1.59. The van der Waals surface area contributed by atoms with E-state index in [0.29, 0.717) is 5.69 Å². The number of anilines is 3. The number of nitrogens with zero attached hydrogens (tertiary/aromatic N) is 4. The molecule has 4 aromatic rings. The standard InChI is InChI=1S/C20H16N6O2S/c1-12-4-2-3-5-15(12)20-25-16(10-29-20)13-6-8-14(9-7-13)24-19-17(26(27)28)18(21)22-11-23-19/h2-11H,1H3,(H3,21,22,23,24). The van der Waals surface area contributed by atoms with E-state index in [1.807, 2.05) is 41.8 Å². The molecular formula is C20H16N6O2S. The number of benzene rings is 2. The summed E-state index contributed by atoms with van der Waals surface area (Å²) in [5, 5.41) is 17.1. The van der Waals surface area contributed by atoms with E-state index in [1.54, 1.807) is 11.3 Å². The van der Waals surface area contributed by atoms with Gasteiger partial charge in [-0.15, -0.1) is 11.3 Å². The van der Waals surface area contributed by atoms with Crippen LogP contribution < -0.4 is 11.1 Å². The number of rotatable bonds is 5. The highest BCUT2D eigenvalue weighted by Gasteiger charge is 2.21. The van der Waals surface area contributed by atoms with Crippen LogP contribution in [0.4, 0.5) is 23.0 Å². The Morgan fingerprint density at radius 2 is 1.86 bits per heavy atom. The molecule has 0 bridgehead atoms. The molecule has 0 saturated carbocycles. The monoisotopic (exact) mass is 404 g/mol. The largest absolute Gasteiger partial charge is 0.378 e. The van der Waals surface area contributed by atoms with Gasteiger partial charge in [0, 0.05) is 22.2 Å². The molecule has 0 radical (unpaired) electrons. The molecule has 0 amide bonds. The minimum Gasteiger partial charge on any atom is -0.378 e. The van der Waals surface area contributed by atoms with Crippen LogP contribution in [-0.4, -0.2) is 19.9 Å². The fraction of sp³-hybridized carbons (Fsp3) is 0.0500. The van der Waals surface area contributed by atoms with E-state index in [1.165, 1.54) is 11.9 Å².